The van der Waals surface area contributed by atoms with Crippen molar-refractivity contribution < 1.29 is 5.21 Å². The van der Waals surface area contributed by atoms with Crippen LogP contribution in [0.4, 0.5) is 0 Å². The van der Waals surface area contributed by atoms with Gasteiger partial charge in [0.05, 0.1) is 5.70 Å². The maximum atomic E-state index is 8.00. The van der Waals surface area contributed by atoms with Crippen LogP contribution in [0.15, 0.2) is 17.4 Å². The second-order valence-electron chi connectivity index (χ2n) is 1.21. The van der Waals surface area contributed by atoms with Crippen molar-refractivity contribution in [2.24, 2.45) is 10.9 Å². The first-order valence-corrected chi connectivity index (χ1v) is 2.07. The second-order valence-corrected chi connectivity index (χ2v) is 1.21. The van der Waals surface area contributed by atoms with Crippen molar-refractivity contribution in [1.82, 2.24) is 5.32 Å². The number of oxime groups is 1. The van der Waals surface area contributed by atoms with E-state index in [-0.39, 0.29) is 5.84 Å². The molecule has 0 aliphatic carbocycles. The first kappa shape index (κ1) is 6.81. The minimum Gasteiger partial charge on any atom is -0.409 e. The van der Waals surface area contributed by atoms with E-state index < -0.39 is 0 Å². The Balaban J connectivity index is 3.83. The number of rotatable bonds is 2. The molecule has 4 heteroatoms. The summed E-state index contributed by atoms with van der Waals surface area (Å²) in [6.07, 6.45) is 0. The first-order valence-electron chi connectivity index (χ1n) is 2.07. The maximum Gasteiger partial charge on any atom is 0.185 e. The van der Waals surface area contributed by atoms with Gasteiger partial charge in [0, 0.05) is 7.05 Å². The third kappa shape index (κ3) is 1.51. The van der Waals surface area contributed by atoms with Gasteiger partial charge in [0.25, 0.3) is 0 Å². The molecule has 8 heavy (non-hydrogen) atoms. The van der Waals surface area contributed by atoms with Gasteiger partial charge < -0.3 is 16.3 Å². The molecule has 0 bridgehead atoms. The lowest BCUT2D eigenvalue weighted by molar-refractivity contribution is 0.318. The third-order valence-corrected chi connectivity index (χ3v) is 0.719. The van der Waals surface area contributed by atoms with E-state index in [1.807, 2.05) is 0 Å². The minimum absolute atomic E-state index is 0.00694. The van der Waals surface area contributed by atoms with Gasteiger partial charge in [0.2, 0.25) is 0 Å². The monoisotopic (exact) mass is 115 g/mol. The number of nitrogens with one attached hydrogen (secondary N) is 1. The van der Waals surface area contributed by atoms with E-state index in [1.165, 1.54) is 0 Å². The normalized spacial score (nSPS) is 10.9. The Morgan fingerprint density at radius 1 is 1.88 bits per heavy atom. The molecule has 0 aromatic heterocycles. The molecule has 0 spiro atoms. The first-order chi connectivity index (χ1) is 3.72. The molecule has 0 aliphatic rings. The highest BCUT2D eigenvalue weighted by atomic mass is 16.4. The quantitative estimate of drug-likeness (QED) is 0.196. The van der Waals surface area contributed by atoms with Gasteiger partial charge in [-0.3, -0.25) is 0 Å². The lowest BCUT2D eigenvalue weighted by atomic mass is 10.5. The van der Waals surface area contributed by atoms with Gasteiger partial charge in [-0.15, -0.1) is 0 Å². The molecule has 0 rings (SSSR count). The molecule has 0 aliphatic heterocycles. The number of likely N-dealkylation sites (N-methyl/N-ethyl adjacent to an activating group) is 1. The largest absolute Gasteiger partial charge is 0.409 e. The molecule has 0 heterocycles. The van der Waals surface area contributed by atoms with Crippen LogP contribution in [0.1, 0.15) is 0 Å². The highest BCUT2D eigenvalue weighted by Gasteiger charge is 1.92. The van der Waals surface area contributed by atoms with E-state index in [2.05, 4.69) is 17.1 Å². The Bertz CT molecular complexity index is 118. The summed E-state index contributed by atoms with van der Waals surface area (Å²) in [6, 6.07) is 0. The lowest BCUT2D eigenvalue weighted by Gasteiger charge is -1.98. The van der Waals surface area contributed by atoms with Crippen molar-refractivity contribution in [3.8, 4) is 0 Å². The van der Waals surface area contributed by atoms with Crippen LogP contribution in [0.5, 0.6) is 0 Å². The molecular formula is C4H9N3O. The number of hydrogen-bond donors (Lipinski definition) is 3. The molecule has 4 N–H and O–H groups in total. The fourth-order valence-electron chi connectivity index (χ4n) is 0.188. The van der Waals surface area contributed by atoms with Crippen LogP contribution in [0.3, 0.4) is 0 Å². The minimum atomic E-state index is 0.00694. The molecular weight excluding hydrogens is 106 g/mol. The molecule has 0 aromatic rings. The van der Waals surface area contributed by atoms with E-state index in [1.54, 1.807) is 7.05 Å². The Kier molecular flexibility index (Phi) is 2.47. The Morgan fingerprint density at radius 2 is 2.38 bits per heavy atom. The van der Waals surface area contributed by atoms with Crippen molar-refractivity contribution in [3.05, 3.63) is 12.3 Å². The Morgan fingerprint density at radius 3 is 2.50 bits per heavy atom. The van der Waals surface area contributed by atoms with E-state index >= 15 is 0 Å². The zero-order valence-electron chi connectivity index (χ0n) is 4.68. The molecule has 0 amide bonds. The smallest absolute Gasteiger partial charge is 0.185 e. The molecule has 0 aromatic carbocycles. The fraction of sp³-hybridized carbons (Fsp3) is 0.250. The average molecular weight is 115 g/mol. The van der Waals surface area contributed by atoms with Crippen LogP contribution in [-0.4, -0.2) is 18.1 Å². The molecule has 46 valence electrons. The third-order valence-electron chi connectivity index (χ3n) is 0.719. The van der Waals surface area contributed by atoms with Crippen LogP contribution in [-0.2, 0) is 0 Å². The zero-order valence-corrected chi connectivity index (χ0v) is 4.68. The van der Waals surface area contributed by atoms with Gasteiger partial charge in [-0.05, 0) is 0 Å². The SMILES string of the molecule is C=C(NC)C(N)=NO. The van der Waals surface area contributed by atoms with Crippen molar-refractivity contribution in [2.45, 2.75) is 0 Å². The standard InChI is InChI=1S/C4H9N3O/c1-3(6-2)4(5)7-8/h6,8H,1H2,2H3,(H2,5,7). The van der Waals surface area contributed by atoms with Crippen LogP contribution < -0.4 is 11.1 Å². The summed E-state index contributed by atoms with van der Waals surface area (Å²) in [6.45, 7) is 3.42. The van der Waals surface area contributed by atoms with E-state index in [0.717, 1.165) is 0 Å². The highest BCUT2D eigenvalue weighted by Crippen LogP contribution is 1.78. The molecule has 0 fully saturated rings. The summed E-state index contributed by atoms with van der Waals surface area (Å²) in [7, 11) is 1.64. The highest BCUT2D eigenvalue weighted by molar-refractivity contribution is 5.95. The maximum absolute atomic E-state index is 8.00. The molecule has 0 saturated carbocycles. The van der Waals surface area contributed by atoms with Gasteiger partial charge in [-0.1, -0.05) is 11.7 Å². The summed E-state index contributed by atoms with van der Waals surface area (Å²) in [5.41, 5.74) is 5.47. The summed E-state index contributed by atoms with van der Waals surface area (Å²) in [5.74, 6) is 0.00694. The molecule has 4 nitrogen and oxygen atoms in total. The zero-order chi connectivity index (χ0) is 6.57. The van der Waals surface area contributed by atoms with Gasteiger partial charge in [0.1, 0.15) is 0 Å². The summed E-state index contributed by atoms with van der Waals surface area (Å²) < 4.78 is 0. The Hall–Kier alpha value is -1.19. The Labute approximate surface area is 47.7 Å². The predicted molar refractivity (Wildman–Crippen MR) is 31.6 cm³/mol. The summed E-state index contributed by atoms with van der Waals surface area (Å²) in [4.78, 5) is 0. The van der Waals surface area contributed by atoms with Crippen LogP contribution >= 0.6 is 0 Å². The van der Waals surface area contributed by atoms with E-state index in [0.29, 0.717) is 5.70 Å². The van der Waals surface area contributed by atoms with Crippen molar-refractivity contribution in [1.29, 1.82) is 0 Å². The number of amidine groups is 1. The van der Waals surface area contributed by atoms with Gasteiger partial charge in [-0.2, -0.15) is 0 Å². The average Bonchev–Trinajstić information content (AvgIpc) is 1.84. The van der Waals surface area contributed by atoms with Crippen LogP contribution in [0.2, 0.25) is 0 Å². The number of nitrogens with zero attached hydrogens (tertiary/aromatic N) is 1. The van der Waals surface area contributed by atoms with Crippen LogP contribution in [0.25, 0.3) is 0 Å². The van der Waals surface area contributed by atoms with Crippen molar-refractivity contribution in [2.75, 3.05) is 7.05 Å². The second kappa shape index (κ2) is 2.90. The van der Waals surface area contributed by atoms with Gasteiger partial charge in [-0.25, -0.2) is 0 Å². The van der Waals surface area contributed by atoms with Gasteiger partial charge in [0.15, 0.2) is 5.84 Å². The van der Waals surface area contributed by atoms with E-state index in [9.17, 15) is 0 Å². The number of hydrogen-bond acceptors (Lipinski definition) is 3. The van der Waals surface area contributed by atoms with Gasteiger partial charge >= 0.3 is 0 Å². The van der Waals surface area contributed by atoms with E-state index in [4.69, 9.17) is 10.9 Å². The topological polar surface area (TPSA) is 70.6 Å². The molecule has 0 radical (unpaired) electrons. The summed E-state index contributed by atoms with van der Waals surface area (Å²) >= 11 is 0. The lowest BCUT2D eigenvalue weighted by Crippen LogP contribution is -2.22. The molecule has 0 unspecified atom stereocenters. The van der Waals surface area contributed by atoms with Crippen molar-refractivity contribution in [3.63, 3.8) is 0 Å². The molecule has 0 atom stereocenters. The summed E-state index contributed by atoms with van der Waals surface area (Å²) in [5, 5.41) is 13.3. The predicted octanol–water partition coefficient (Wildman–Crippen LogP) is -0.534. The molecule has 0 saturated heterocycles. The fourth-order valence-corrected chi connectivity index (χ4v) is 0.188. The number of nitrogens with two attached hydrogens (primary N) is 1. The van der Waals surface area contributed by atoms with Crippen LogP contribution in [0, 0.1) is 0 Å². The van der Waals surface area contributed by atoms with Crippen molar-refractivity contribution >= 4 is 5.84 Å².